The molecule has 6 heteroatoms. The van der Waals surface area contributed by atoms with Crippen molar-refractivity contribution in [2.24, 2.45) is 0 Å². The number of pyridine rings is 1. The number of amides is 1. The van der Waals surface area contributed by atoms with Crippen LogP contribution < -0.4 is 0 Å². The van der Waals surface area contributed by atoms with Gasteiger partial charge in [0.05, 0.1) is 18.8 Å². The number of ether oxygens (including phenoxy) is 2. The Balaban J connectivity index is 1.36. The molecule has 1 atom stereocenters. The Labute approximate surface area is 149 Å². The number of carbonyl (C=O) groups is 1. The van der Waals surface area contributed by atoms with E-state index in [0.717, 1.165) is 77.2 Å². The van der Waals surface area contributed by atoms with E-state index in [1.165, 1.54) is 0 Å². The first-order valence-electron chi connectivity index (χ1n) is 9.41. The Kier molecular flexibility index (Phi) is 5.01. The lowest BCUT2D eigenvalue weighted by atomic mass is 9.81. The molecule has 0 bridgehead atoms. The quantitative estimate of drug-likeness (QED) is 0.814. The molecule has 0 N–H and O–H groups in total. The van der Waals surface area contributed by atoms with E-state index in [4.69, 9.17) is 9.47 Å². The number of carbonyl (C=O) groups excluding carboxylic acids is 1. The van der Waals surface area contributed by atoms with Crippen molar-refractivity contribution in [3.05, 3.63) is 30.1 Å². The summed E-state index contributed by atoms with van der Waals surface area (Å²) in [5.74, 6) is 0.109. The van der Waals surface area contributed by atoms with E-state index in [2.05, 4.69) is 9.88 Å². The third-order valence-corrected chi connectivity index (χ3v) is 5.92. The summed E-state index contributed by atoms with van der Waals surface area (Å²) < 4.78 is 11.7. The Morgan fingerprint density at radius 2 is 1.80 bits per heavy atom. The predicted octanol–water partition coefficient (Wildman–Crippen LogP) is 1.57. The van der Waals surface area contributed by atoms with Gasteiger partial charge in [0.1, 0.15) is 0 Å². The third kappa shape index (κ3) is 3.71. The summed E-state index contributed by atoms with van der Waals surface area (Å²) in [5, 5.41) is 0. The molecule has 1 spiro atoms. The molecule has 3 aliphatic heterocycles. The van der Waals surface area contributed by atoms with Gasteiger partial charge in [-0.15, -0.1) is 0 Å². The molecule has 4 heterocycles. The minimum absolute atomic E-state index is 0.0454. The second-order valence-electron chi connectivity index (χ2n) is 7.35. The van der Waals surface area contributed by atoms with Gasteiger partial charge >= 0.3 is 0 Å². The highest BCUT2D eigenvalue weighted by Crippen LogP contribution is 2.37. The molecule has 3 aliphatic rings. The molecular formula is C19H27N3O3. The summed E-state index contributed by atoms with van der Waals surface area (Å²) in [6.45, 7) is 6.15. The normalized spacial score (nSPS) is 27.4. The molecule has 1 unspecified atom stereocenters. The van der Waals surface area contributed by atoms with Crippen molar-refractivity contribution >= 4 is 5.91 Å². The highest BCUT2D eigenvalue weighted by atomic mass is 16.5. The molecule has 3 saturated heterocycles. The molecule has 0 aromatic carbocycles. The fraction of sp³-hybridized carbons (Fsp3) is 0.684. The van der Waals surface area contributed by atoms with Gasteiger partial charge in [-0.1, -0.05) is 0 Å². The van der Waals surface area contributed by atoms with Crippen LogP contribution in [0, 0.1) is 0 Å². The maximum Gasteiger partial charge on any atom is 0.253 e. The van der Waals surface area contributed by atoms with Crippen molar-refractivity contribution < 1.29 is 14.3 Å². The van der Waals surface area contributed by atoms with Crippen molar-refractivity contribution in [2.45, 2.75) is 37.3 Å². The number of aromatic nitrogens is 1. The third-order valence-electron chi connectivity index (χ3n) is 5.92. The second-order valence-corrected chi connectivity index (χ2v) is 7.35. The topological polar surface area (TPSA) is 54.9 Å². The fourth-order valence-electron chi connectivity index (χ4n) is 4.40. The van der Waals surface area contributed by atoms with Gasteiger partial charge in [-0.3, -0.25) is 14.7 Å². The van der Waals surface area contributed by atoms with Gasteiger partial charge in [0, 0.05) is 56.8 Å². The van der Waals surface area contributed by atoms with Crippen molar-refractivity contribution in [1.29, 1.82) is 0 Å². The molecule has 6 nitrogen and oxygen atoms in total. The molecule has 1 amide bonds. The zero-order valence-corrected chi connectivity index (χ0v) is 14.7. The maximum absolute atomic E-state index is 12.6. The van der Waals surface area contributed by atoms with Crippen molar-refractivity contribution in [3.63, 3.8) is 0 Å². The SMILES string of the molecule is O=C(c1ccncc1)N1CCC2(CC1)CC(N1CCOCC1)CCO2. The lowest BCUT2D eigenvalue weighted by Gasteiger charge is -2.49. The first-order valence-corrected chi connectivity index (χ1v) is 9.41. The largest absolute Gasteiger partial charge is 0.379 e. The van der Waals surface area contributed by atoms with Crippen LogP contribution in [0.4, 0.5) is 0 Å². The smallest absolute Gasteiger partial charge is 0.253 e. The van der Waals surface area contributed by atoms with Gasteiger partial charge < -0.3 is 14.4 Å². The molecule has 0 aliphatic carbocycles. The van der Waals surface area contributed by atoms with Gasteiger partial charge in [-0.25, -0.2) is 0 Å². The van der Waals surface area contributed by atoms with Crippen molar-refractivity contribution in [3.8, 4) is 0 Å². The van der Waals surface area contributed by atoms with Crippen LogP contribution >= 0.6 is 0 Å². The molecule has 4 rings (SSSR count). The lowest BCUT2D eigenvalue weighted by Crippen LogP contribution is -2.55. The Morgan fingerprint density at radius 3 is 2.52 bits per heavy atom. The van der Waals surface area contributed by atoms with Gasteiger partial charge in [0.15, 0.2) is 0 Å². The molecule has 1 aromatic heterocycles. The van der Waals surface area contributed by atoms with Crippen molar-refractivity contribution in [1.82, 2.24) is 14.8 Å². The van der Waals surface area contributed by atoms with Gasteiger partial charge in [0.2, 0.25) is 0 Å². The molecule has 0 saturated carbocycles. The van der Waals surface area contributed by atoms with E-state index in [9.17, 15) is 4.79 Å². The van der Waals surface area contributed by atoms with E-state index < -0.39 is 0 Å². The van der Waals surface area contributed by atoms with E-state index in [-0.39, 0.29) is 11.5 Å². The number of morpholine rings is 1. The van der Waals surface area contributed by atoms with Gasteiger partial charge in [0.25, 0.3) is 5.91 Å². The van der Waals surface area contributed by atoms with Crippen LogP contribution in [-0.2, 0) is 9.47 Å². The summed E-state index contributed by atoms with van der Waals surface area (Å²) in [6.07, 6.45) is 7.42. The summed E-state index contributed by atoms with van der Waals surface area (Å²) in [5.41, 5.74) is 0.678. The average Bonchev–Trinajstić information content (AvgIpc) is 2.69. The van der Waals surface area contributed by atoms with E-state index in [1.54, 1.807) is 24.5 Å². The Morgan fingerprint density at radius 1 is 1.08 bits per heavy atom. The van der Waals surface area contributed by atoms with E-state index in [1.807, 2.05) is 4.90 Å². The number of likely N-dealkylation sites (tertiary alicyclic amines) is 1. The summed E-state index contributed by atoms with van der Waals surface area (Å²) in [6, 6.07) is 4.18. The second kappa shape index (κ2) is 7.40. The first kappa shape index (κ1) is 16.9. The molecule has 136 valence electrons. The van der Waals surface area contributed by atoms with Crippen LogP contribution in [0.3, 0.4) is 0 Å². The Hall–Kier alpha value is -1.50. The van der Waals surface area contributed by atoms with Crippen LogP contribution in [0.15, 0.2) is 24.5 Å². The lowest BCUT2D eigenvalue weighted by molar-refractivity contribution is -0.136. The van der Waals surface area contributed by atoms with Crippen LogP contribution in [0.25, 0.3) is 0 Å². The van der Waals surface area contributed by atoms with Crippen LogP contribution in [0.1, 0.15) is 36.0 Å². The zero-order chi connectivity index (χ0) is 17.1. The van der Waals surface area contributed by atoms with E-state index >= 15 is 0 Å². The standard InChI is InChI=1S/C19H27N3O3/c23-18(16-1-6-20-7-2-16)22-8-4-19(5-9-22)15-17(3-12-25-19)21-10-13-24-14-11-21/h1-2,6-7,17H,3-5,8-15H2. The minimum atomic E-state index is -0.0454. The highest BCUT2D eigenvalue weighted by molar-refractivity contribution is 5.94. The summed E-state index contributed by atoms with van der Waals surface area (Å²) in [7, 11) is 0. The van der Waals surface area contributed by atoms with Gasteiger partial charge in [-0.05, 0) is 37.8 Å². The minimum Gasteiger partial charge on any atom is -0.379 e. The number of piperidine rings is 1. The molecule has 25 heavy (non-hydrogen) atoms. The predicted molar refractivity (Wildman–Crippen MR) is 93.5 cm³/mol. The number of hydrogen-bond donors (Lipinski definition) is 0. The maximum atomic E-state index is 12.6. The van der Waals surface area contributed by atoms with Crippen molar-refractivity contribution in [2.75, 3.05) is 46.0 Å². The molecular weight excluding hydrogens is 318 g/mol. The first-order chi connectivity index (χ1) is 12.3. The van der Waals surface area contributed by atoms with E-state index in [0.29, 0.717) is 6.04 Å². The molecule has 3 fully saturated rings. The van der Waals surface area contributed by atoms with Crippen LogP contribution in [0.2, 0.25) is 0 Å². The van der Waals surface area contributed by atoms with Crippen LogP contribution in [0.5, 0.6) is 0 Å². The zero-order valence-electron chi connectivity index (χ0n) is 14.7. The number of nitrogens with zero attached hydrogens (tertiary/aromatic N) is 3. The highest BCUT2D eigenvalue weighted by Gasteiger charge is 2.42. The summed E-state index contributed by atoms with van der Waals surface area (Å²) >= 11 is 0. The molecule has 0 radical (unpaired) electrons. The molecule has 1 aromatic rings. The monoisotopic (exact) mass is 345 g/mol. The van der Waals surface area contributed by atoms with Crippen LogP contribution in [-0.4, -0.2) is 78.3 Å². The number of rotatable bonds is 2. The summed E-state index contributed by atoms with van der Waals surface area (Å²) in [4.78, 5) is 21.1. The number of hydrogen-bond acceptors (Lipinski definition) is 5. The average molecular weight is 345 g/mol. The fourth-order valence-corrected chi connectivity index (χ4v) is 4.40. The van der Waals surface area contributed by atoms with Gasteiger partial charge in [-0.2, -0.15) is 0 Å². The Bertz CT molecular complexity index is 581.